The van der Waals surface area contributed by atoms with Crippen LogP contribution in [-0.4, -0.2) is 34.3 Å². The lowest BCUT2D eigenvalue weighted by molar-refractivity contribution is -0.115. The van der Waals surface area contributed by atoms with Crippen LogP contribution in [0.1, 0.15) is 44.7 Å². The van der Waals surface area contributed by atoms with Crippen LogP contribution < -0.4 is 14.8 Å². The number of carbonyl (C=O) groups excluding carboxylic acids is 1. The van der Waals surface area contributed by atoms with Crippen molar-refractivity contribution in [2.75, 3.05) is 10.0 Å². The maximum absolute atomic E-state index is 12.6. The first-order chi connectivity index (χ1) is 18.0. The standard InChI is InChI=1S/C28H31N5O4S/c1-18-13-19(14-27(34)31-21-16-30-33(17-21)28(2,3)4)5-10-25(18)37-26-11-12-29-24-9-6-20(15-23(24)26)32-38(35,36)22-7-8-22/h5-6,9-13,15-17,22,32H,7-8,14H2,1-4H3,(H,31,34). The number of anilines is 2. The molecule has 4 aromatic rings. The van der Waals surface area contributed by atoms with E-state index in [1.165, 1.54) is 0 Å². The third-order valence-corrected chi connectivity index (χ3v) is 8.17. The predicted molar refractivity (Wildman–Crippen MR) is 148 cm³/mol. The zero-order valence-corrected chi connectivity index (χ0v) is 22.7. The number of amides is 1. The van der Waals surface area contributed by atoms with Crippen molar-refractivity contribution in [3.8, 4) is 11.5 Å². The van der Waals surface area contributed by atoms with Crippen LogP contribution in [-0.2, 0) is 26.8 Å². The lowest BCUT2D eigenvalue weighted by Crippen LogP contribution is -2.22. The van der Waals surface area contributed by atoms with Gasteiger partial charge in [-0.05, 0) is 82.0 Å². The average molecular weight is 534 g/mol. The highest BCUT2D eigenvalue weighted by Crippen LogP contribution is 2.34. The van der Waals surface area contributed by atoms with Crippen LogP contribution >= 0.6 is 0 Å². The number of sulfonamides is 1. The second kappa shape index (κ2) is 9.75. The molecule has 0 atom stereocenters. The van der Waals surface area contributed by atoms with Crippen molar-refractivity contribution in [1.82, 2.24) is 14.8 Å². The summed E-state index contributed by atoms with van der Waals surface area (Å²) in [5.74, 6) is 1.07. The van der Waals surface area contributed by atoms with Gasteiger partial charge in [0.2, 0.25) is 15.9 Å². The summed E-state index contributed by atoms with van der Waals surface area (Å²) in [5, 5.41) is 7.60. The molecule has 2 heterocycles. The van der Waals surface area contributed by atoms with Gasteiger partial charge in [-0.1, -0.05) is 12.1 Å². The predicted octanol–water partition coefficient (Wildman–Crippen LogP) is 5.37. The first-order valence-corrected chi connectivity index (χ1v) is 14.1. The summed E-state index contributed by atoms with van der Waals surface area (Å²) in [4.78, 5) is 17.0. The number of aromatic nitrogens is 3. The molecule has 1 amide bonds. The monoisotopic (exact) mass is 533 g/mol. The van der Waals surface area contributed by atoms with Crippen molar-refractivity contribution in [3.63, 3.8) is 0 Å². The van der Waals surface area contributed by atoms with E-state index in [9.17, 15) is 13.2 Å². The van der Waals surface area contributed by atoms with E-state index < -0.39 is 10.0 Å². The van der Waals surface area contributed by atoms with Gasteiger partial charge >= 0.3 is 0 Å². The molecule has 10 heteroatoms. The molecule has 2 aromatic heterocycles. The Morgan fingerprint density at radius 1 is 1.08 bits per heavy atom. The Bertz CT molecular complexity index is 1620. The summed E-state index contributed by atoms with van der Waals surface area (Å²) in [6, 6.07) is 12.6. The Labute approximate surface area is 222 Å². The molecule has 0 radical (unpaired) electrons. The van der Waals surface area contributed by atoms with E-state index in [4.69, 9.17) is 4.74 Å². The van der Waals surface area contributed by atoms with Gasteiger partial charge in [-0.3, -0.25) is 19.2 Å². The highest BCUT2D eigenvalue weighted by atomic mass is 32.2. The molecule has 0 aliphatic heterocycles. The van der Waals surface area contributed by atoms with Crippen molar-refractivity contribution in [2.24, 2.45) is 0 Å². The summed E-state index contributed by atoms with van der Waals surface area (Å²) in [7, 11) is -3.38. The van der Waals surface area contributed by atoms with E-state index in [0.717, 1.165) is 11.1 Å². The van der Waals surface area contributed by atoms with Gasteiger partial charge in [-0.2, -0.15) is 5.10 Å². The number of ether oxygens (including phenoxy) is 1. The summed E-state index contributed by atoms with van der Waals surface area (Å²) in [5.41, 5.74) is 3.39. The molecule has 0 saturated heterocycles. The van der Waals surface area contributed by atoms with Crippen LogP contribution in [0.25, 0.3) is 10.9 Å². The molecule has 0 bridgehead atoms. The number of benzene rings is 2. The summed E-state index contributed by atoms with van der Waals surface area (Å²) < 4.78 is 35.5. The zero-order chi connectivity index (χ0) is 27.1. The normalized spacial score (nSPS) is 13.9. The number of nitrogens with zero attached hydrogens (tertiary/aromatic N) is 3. The average Bonchev–Trinajstić information content (AvgIpc) is 3.60. The van der Waals surface area contributed by atoms with Crippen molar-refractivity contribution in [3.05, 3.63) is 72.2 Å². The van der Waals surface area contributed by atoms with Crippen LogP contribution in [0.4, 0.5) is 11.4 Å². The van der Waals surface area contributed by atoms with Gasteiger partial charge < -0.3 is 10.1 Å². The van der Waals surface area contributed by atoms with Crippen LogP contribution in [0, 0.1) is 6.92 Å². The molecule has 0 unspecified atom stereocenters. The molecule has 1 aliphatic rings. The molecule has 0 spiro atoms. The molecule has 1 saturated carbocycles. The van der Waals surface area contributed by atoms with E-state index in [-0.39, 0.29) is 23.1 Å². The third-order valence-electron chi connectivity index (χ3n) is 6.30. The fourth-order valence-electron chi connectivity index (χ4n) is 4.10. The Balaban J connectivity index is 1.29. The smallest absolute Gasteiger partial charge is 0.235 e. The number of hydrogen-bond acceptors (Lipinski definition) is 6. The van der Waals surface area contributed by atoms with E-state index >= 15 is 0 Å². The van der Waals surface area contributed by atoms with E-state index in [1.807, 2.05) is 56.8 Å². The molecule has 1 aliphatic carbocycles. The van der Waals surface area contributed by atoms with Gasteiger partial charge in [0.15, 0.2) is 0 Å². The zero-order valence-electron chi connectivity index (χ0n) is 21.9. The highest BCUT2D eigenvalue weighted by molar-refractivity contribution is 7.93. The largest absolute Gasteiger partial charge is 0.456 e. The van der Waals surface area contributed by atoms with E-state index in [2.05, 4.69) is 20.1 Å². The minimum absolute atomic E-state index is 0.132. The SMILES string of the molecule is Cc1cc(CC(=O)Nc2cnn(C(C)(C)C)c2)ccc1Oc1ccnc2ccc(NS(=O)(=O)C3CC3)cc12. The molecule has 2 aromatic carbocycles. The minimum atomic E-state index is -3.38. The van der Waals surface area contributed by atoms with Crippen LogP contribution in [0.15, 0.2) is 61.1 Å². The molecule has 2 N–H and O–H groups in total. The van der Waals surface area contributed by atoms with Crippen LogP contribution in [0.3, 0.4) is 0 Å². The maximum Gasteiger partial charge on any atom is 0.235 e. The quantitative estimate of drug-likeness (QED) is 0.315. The van der Waals surface area contributed by atoms with Gasteiger partial charge in [0, 0.05) is 23.5 Å². The van der Waals surface area contributed by atoms with Crippen molar-refractivity contribution < 1.29 is 17.9 Å². The maximum atomic E-state index is 12.6. The Hall–Kier alpha value is -3.92. The van der Waals surface area contributed by atoms with E-state index in [1.54, 1.807) is 36.7 Å². The van der Waals surface area contributed by atoms with Crippen molar-refractivity contribution in [2.45, 2.75) is 57.7 Å². The number of aryl methyl sites for hydroxylation is 1. The number of hydrogen-bond donors (Lipinski definition) is 2. The van der Waals surface area contributed by atoms with Crippen LogP contribution in [0.2, 0.25) is 0 Å². The third kappa shape index (κ3) is 5.80. The molecule has 38 heavy (non-hydrogen) atoms. The molecular weight excluding hydrogens is 502 g/mol. The van der Waals surface area contributed by atoms with Gasteiger partial charge in [0.25, 0.3) is 0 Å². The summed E-state index contributed by atoms with van der Waals surface area (Å²) in [6.07, 6.45) is 6.72. The van der Waals surface area contributed by atoms with Crippen molar-refractivity contribution >= 4 is 38.2 Å². The Morgan fingerprint density at radius 2 is 1.87 bits per heavy atom. The minimum Gasteiger partial charge on any atom is -0.456 e. The first-order valence-electron chi connectivity index (χ1n) is 12.5. The lowest BCUT2D eigenvalue weighted by atomic mass is 10.1. The number of rotatable bonds is 8. The number of pyridine rings is 1. The van der Waals surface area contributed by atoms with E-state index in [0.29, 0.717) is 46.6 Å². The Kier molecular flexibility index (Phi) is 6.60. The van der Waals surface area contributed by atoms with Gasteiger partial charge in [0.05, 0.1) is 34.6 Å². The lowest BCUT2D eigenvalue weighted by Gasteiger charge is -2.18. The highest BCUT2D eigenvalue weighted by Gasteiger charge is 2.35. The molecule has 198 valence electrons. The number of fused-ring (bicyclic) bond motifs is 1. The molecule has 5 rings (SSSR count). The second-order valence-corrected chi connectivity index (χ2v) is 12.6. The van der Waals surface area contributed by atoms with Gasteiger partial charge in [-0.25, -0.2) is 8.42 Å². The molecule has 1 fully saturated rings. The van der Waals surface area contributed by atoms with Crippen LogP contribution in [0.5, 0.6) is 11.5 Å². The summed E-state index contributed by atoms with van der Waals surface area (Å²) >= 11 is 0. The molecular formula is C28H31N5O4S. The first kappa shape index (κ1) is 25.7. The number of nitrogens with one attached hydrogen (secondary N) is 2. The summed E-state index contributed by atoms with van der Waals surface area (Å²) in [6.45, 7) is 8.05. The topological polar surface area (TPSA) is 115 Å². The second-order valence-electron chi connectivity index (χ2n) is 10.7. The molecule has 9 nitrogen and oxygen atoms in total. The van der Waals surface area contributed by atoms with Gasteiger partial charge in [0.1, 0.15) is 11.5 Å². The number of carbonyl (C=O) groups is 1. The fourth-order valence-corrected chi connectivity index (χ4v) is 5.48. The Morgan fingerprint density at radius 3 is 2.55 bits per heavy atom. The van der Waals surface area contributed by atoms with Crippen molar-refractivity contribution in [1.29, 1.82) is 0 Å². The van der Waals surface area contributed by atoms with Gasteiger partial charge in [-0.15, -0.1) is 0 Å². The fraction of sp³-hybridized carbons (Fsp3) is 0.321.